The summed E-state index contributed by atoms with van der Waals surface area (Å²) in [5.41, 5.74) is 0.656. The fourth-order valence-corrected chi connectivity index (χ4v) is 2.16. The van der Waals surface area contributed by atoms with Crippen molar-refractivity contribution in [2.24, 2.45) is 0 Å². The van der Waals surface area contributed by atoms with Gasteiger partial charge in [-0.1, -0.05) is 5.16 Å². The van der Waals surface area contributed by atoms with Gasteiger partial charge in [-0.05, 0) is 37.6 Å². The molecular weight excluding hydrogens is 272 g/mol. The zero-order chi connectivity index (χ0) is 14.7. The molecule has 1 atom stereocenters. The van der Waals surface area contributed by atoms with Crippen LogP contribution in [0.2, 0.25) is 0 Å². The number of hydrogen-bond donors (Lipinski definition) is 0. The van der Waals surface area contributed by atoms with Crippen LogP contribution in [0.3, 0.4) is 0 Å². The molecule has 1 aromatic heterocycles. The maximum atomic E-state index is 11.2. The SMILES string of the molecule is CC(=O)c1ccc(OCc2nc([C@H]3CCOC3)no2)cc1. The van der Waals surface area contributed by atoms with Crippen LogP contribution >= 0.6 is 0 Å². The molecule has 0 unspecified atom stereocenters. The first-order valence-electron chi connectivity index (χ1n) is 6.86. The smallest absolute Gasteiger partial charge is 0.264 e. The van der Waals surface area contributed by atoms with E-state index in [9.17, 15) is 4.79 Å². The summed E-state index contributed by atoms with van der Waals surface area (Å²) in [6, 6.07) is 6.96. The Kier molecular flexibility index (Phi) is 3.96. The maximum absolute atomic E-state index is 11.2. The molecule has 1 saturated heterocycles. The molecule has 0 spiro atoms. The molecule has 0 N–H and O–H groups in total. The molecule has 3 rings (SSSR count). The van der Waals surface area contributed by atoms with Crippen LogP contribution in [0.25, 0.3) is 0 Å². The Balaban J connectivity index is 1.58. The standard InChI is InChI=1S/C15H16N2O4/c1-10(18)11-2-4-13(5-3-11)20-9-14-16-15(17-21-14)12-6-7-19-8-12/h2-5,12H,6-9H2,1H3/t12-/m0/s1. The fourth-order valence-electron chi connectivity index (χ4n) is 2.16. The van der Waals surface area contributed by atoms with E-state index in [1.807, 2.05) is 0 Å². The third-order valence-electron chi connectivity index (χ3n) is 3.40. The van der Waals surface area contributed by atoms with Gasteiger partial charge in [0.05, 0.1) is 6.61 Å². The number of nitrogens with zero attached hydrogens (tertiary/aromatic N) is 2. The minimum Gasteiger partial charge on any atom is -0.484 e. The van der Waals surface area contributed by atoms with Gasteiger partial charge in [0.1, 0.15) is 5.75 Å². The van der Waals surface area contributed by atoms with E-state index in [2.05, 4.69) is 10.1 Å². The lowest BCUT2D eigenvalue weighted by Gasteiger charge is -2.03. The zero-order valence-corrected chi connectivity index (χ0v) is 11.7. The van der Waals surface area contributed by atoms with E-state index in [1.54, 1.807) is 24.3 Å². The number of ether oxygens (including phenoxy) is 2. The molecule has 0 aliphatic carbocycles. The molecular formula is C15H16N2O4. The number of carbonyl (C=O) groups is 1. The maximum Gasteiger partial charge on any atom is 0.264 e. The molecule has 0 amide bonds. The minimum absolute atomic E-state index is 0.0295. The fraction of sp³-hybridized carbons (Fsp3) is 0.400. The Bertz CT molecular complexity index is 615. The van der Waals surface area contributed by atoms with Crippen LogP contribution in [0.5, 0.6) is 5.75 Å². The van der Waals surface area contributed by atoms with Gasteiger partial charge >= 0.3 is 0 Å². The Labute approximate surface area is 122 Å². The summed E-state index contributed by atoms with van der Waals surface area (Å²) in [6.45, 7) is 3.13. The molecule has 1 fully saturated rings. The third kappa shape index (κ3) is 3.28. The molecule has 1 aliphatic heterocycles. The van der Waals surface area contributed by atoms with Gasteiger partial charge in [-0.2, -0.15) is 4.98 Å². The van der Waals surface area contributed by atoms with E-state index in [0.717, 1.165) is 13.0 Å². The summed E-state index contributed by atoms with van der Waals surface area (Å²) >= 11 is 0. The molecule has 110 valence electrons. The average molecular weight is 288 g/mol. The lowest BCUT2D eigenvalue weighted by molar-refractivity contribution is 0.101. The second-order valence-corrected chi connectivity index (χ2v) is 4.98. The van der Waals surface area contributed by atoms with Gasteiger partial charge in [-0.25, -0.2) is 0 Å². The van der Waals surface area contributed by atoms with E-state index in [1.165, 1.54) is 6.92 Å². The van der Waals surface area contributed by atoms with E-state index in [0.29, 0.717) is 29.6 Å². The first kappa shape index (κ1) is 13.8. The van der Waals surface area contributed by atoms with Crippen molar-refractivity contribution in [1.29, 1.82) is 0 Å². The molecule has 1 aromatic carbocycles. The van der Waals surface area contributed by atoms with Gasteiger partial charge in [0.25, 0.3) is 5.89 Å². The quantitative estimate of drug-likeness (QED) is 0.786. The minimum atomic E-state index is 0.0295. The van der Waals surface area contributed by atoms with Gasteiger partial charge in [-0.15, -0.1) is 0 Å². The second kappa shape index (κ2) is 6.05. The molecule has 6 heteroatoms. The van der Waals surface area contributed by atoms with Gasteiger partial charge in [-0.3, -0.25) is 4.79 Å². The van der Waals surface area contributed by atoms with Crippen molar-refractivity contribution >= 4 is 5.78 Å². The number of benzene rings is 1. The highest BCUT2D eigenvalue weighted by Crippen LogP contribution is 2.22. The predicted octanol–water partition coefficient (Wildman–Crippen LogP) is 2.36. The first-order valence-corrected chi connectivity index (χ1v) is 6.86. The van der Waals surface area contributed by atoms with Gasteiger partial charge < -0.3 is 14.0 Å². The number of carbonyl (C=O) groups excluding carboxylic acids is 1. The lowest BCUT2D eigenvalue weighted by atomic mass is 10.1. The van der Waals surface area contributed by atoms with Crippen LogP contribution in [0.15, 0.2) is 28.8 Å². The van der Waals surface area contributed by atoms with Gasteiger partial charge in [0.15, 0.2) is 18.2 Å². The zero-order valence-electron chi connectivity index (χ0n) is 11.7. The number of rotatable bonds is 5. The van der Waals surface area contributed by atoms with Crippen LogP contribution in [-0.4, -0.2) is 29.1 Å². The highest BCUT2D eigenvalue weighted by molar-refractivity contribution is 5.94. The monoisotopic (exact) mass is 288 g/mol. The third-order valence-corrected chi connectivity index (χ3v) is 3.40. The Hall–Kier alpha value is -2.21. The molecule has 2 aromatic rings. The Morgan fingerprint density at radius 1 is 1.38 bits per heavy atom. The van der Waals surface area contributed by atoms with Crippen molar-refractivity contribution in [3.05, 3.63) is 41.5 Å². The van der Waals surface area contributed by atoms with Crippen molar-refractivity contribution in [3.63, 3.8) is 0 Å². The molecule has 0 saturated carbocycles. The van der Waals surface area contributed by atoms with Crippen LogP contribution in [-0.2, 0) is 11.3 Å². The molecule has 21 heavy (non-hydrogen) atoms. The van der Waals surface area contributed by atoms with E-state index in [-0.39, 0.29) is 18.3 Å². The normalized spacial score (nSPS) is 17.9. The predicted molar refractivity (Wildman–Crippen MR) is 73.3 cm³/mol. The second-order valence-electron chi connectivity index (χ2n) is 4.98. The number of ketones is 1. The number of Topliss-reactive ketones (excluding diaryl/α,β-unsaturated/α-hetero) is 1. The van der Waals surface area contributed by atoms with E-state index < -0.39 is 0 Å². The van der Waals surface area contributed by atoms with Crippen molar-refractivity contribution < 1.29 is 18.8 Å². The van der Waals surface area contributed by atoms with Crippen LogP contribution < -0.4 is 4.74 Å². The van der Waals surface area contributed by atoms with Crippen LogP contribution in [0.1, 0.15) is 41.3 Å². The van der Waals surface area contributed by atoms with Crippen molar-refractivity contribution in [2.75, 3.05) is 13.2 Å². The van der Waals surface area contributed by atoms with Gasteiger partial charge in [0.2, 0.25) is 0 Å². The first-order chi connectivity index (χ1) is 10.2. The molecule has 2 heterocycles. The summed E-state index contributed by atoms with van der Waals surface area (Å²) in [6.07, 6.45) is 0.923. The van der Waals surface area contributed by atoms with Gasteiger partial charge in [0, 0.05) is 18.1 Å². The summed E-state index contributed by atoms with van der Waals surface area (Å²) in [5.74, 6) is 2.02. The highest BCUT2D eigenvalue weighted by atomic mass is 16.5. The largest absolute Gasteiger partial charge is 0.484 e. The molecule has 6 nitrogen and oxygen atoms in total. The molecule has 1 aliphatic rings. The summed E-state index contributed by atoms with van der Waals surface area (Å²) in [7, 11) is 0. The topological polar surface area (TPSA) is 74.5 Å². The Morgan fingerprint density at radius 3 is 2.86 bits per heavy atom. The van der Waals surface area contributed by atoms with Crippen molar-refractivity contribution in [3.8, 4) is 5.75 Å². The average Bonchev–Trinajstić information content (AvgIpc) is 3.16. The Morgan fingerprint density at radius 2 is 2.19 bits per heavy atom. The van der Waals surface area contributed by atoms with E-state index in [4.69, 9.17) is 14.0 Å². The lowest BCUT2D eigenvalue weighted by Crippen LogP contribution is -2.01. The molecule has 0 bridgehead atoms. The number of aromatic nitrogens is 2. The highest BCUT2D eigenvalue weighted by Gasteiger charge is 2.23. The summed E-state index contributed by atoms with van der Waals surface area (Å²) in [5, 5.41) is 3.96. The number of hydrogen-bond acceptors (Lipinski definition) is 6. The summed E-state index contributed by atoms with van der Waals surface area (Å²) < 4.78 is 16.0. The van der Waals surface area contributed by atoms with E-state index >= 15 is 0 Å². The van der Waals surface area contributed by atoms with Crippen LogP contribution in [0, 0.1) is 0 Å². The summed E-state index contributed by atoms with van der Waals surface area (Å²) in [4.78, 5) is 15.5. The van der Waals surface area contributed by atoms with Crippen LogP contribution in [0.4, 0.5) is 0 Å². The molecule has 0 radical (unpaired) electrons. The van der Waals surface area contributed by atoms with Crippen molar-refractivity contribution in [2.45, 2.75) is 25.9 Å². The van der Waals surface area contributed by atoms with Crippen molar-refractivity contribution in [1.82, 2.24) is 10.1 Å².